The van der Waals surface area contributed by atoms with Gasteiger partial charge in [0.1, 0.15) is 0 Å². The predicted octanol–water partition coefficient (Wildman–Crippen LogP) is 5.25. The van der Waals surface area contributed by atoms with Crippen molar-refractivity contribution in [3.63, 3.8) is 0 Å². The van der Waals surface area contributed by atoms with E-state index in [1.807, 2.05) is 18.2 Å². The van der Waals surface area contributed by atoms with Crippen LogP contribution >= 0.6 is 0 Å². The van der Waals surface area contributed by atoms with E-state index in [2.05, 4.69) is 72.8 Å². The van der Waals surface area contributed by atoms with Gasteiger partial charge in [-0.15, -0.1) is 0 Å². The van der Waals surface area contributed by atoms with E-state index in [1.54, 1.807) is 0 Å². The molecule has 0 saturated carbocycles. The fourth-order valence-corrected chi connectivity index (χ4v) is 3.00. The first kappa shape index (κ1) is 17.7. The molecule has 4 rings (SSSR count). The van der Waals surface area contributed by atoms with Gasteiger partial charge >= 0.3 is 0 Å². The molecule has 2 N–H and O–H groups in total. The summed E-state index contributed by atoms with van der Waals surface area (Å²) in [6.45, 7) is 0.721. The van der Waals surface area contributed by atoms with E-state index in [4.69, 9.17) is 11.0 Å². The van der Waals surface area contributed by atoms with E-state index in [0.29, 0.717) is 6.42 Å². The summed E-state index contributed by atoms with van der Waals surface area (Å²) in [5, 5.41) is 13.6. The van der Waals surface area contributed by atoms with Crippen molar-refractivity contribution in [3.8, 4) is 6.07 Å². The number of nitrogens with zero attached hydrogens (tertiary/aromatic N) is 1. The van der Waals surface area contributed by atoms with Crippen LogP contribution in [0.4, 0.5) is 0 Å². The Morgan fingerprint density at radius 1 is 0.654 bits per heavy atom. The Labute approximate surface area is 154 Å². The minimum Gasteiger partial charge on any atom is -0.330 e. The maximum atomic E-state index is 8.54. The minimum absolute atomic E-state index is 0.491. The smallest absolute Gasteiger partial charge is 0.0669 e. The van der Waals surface area contributed by atoms with Crippen LogP contribution in [0.3, 0.4) is 0 Å². The lowest BCUT2D eigenvalue weighted by atomic mass is 10.1. The van der Waals surface area contributed by atoms with E-state index in [-0.39, 0.29) is 0 Å². The quantitative estimate of drug-likeness (QED) is 0.555. The van der Waals surface area contributed by atoms with E-state index in [0.717, 1.165) is 18.5 Å². The van der Waals surface area contributed by atoms with Crippen LogP contribution in [0.2, 0.25) is 0 Å². The fraction of sp³-hybridized carbons (Fsp3) is 0.125. The maximum Gasteiger partial charge on any atom is 0.0669 e. The third-order valence-corrected chi connectivity index (χ3v) is 4.34. The zero-order valence-corrected chi connectivity index (χ0v) is 14.7. The van der Waals surface area contributed by atoms with Gasteiger partial charge in [-0.05, 0) is 45.6 Å². The Bertz CT molecular complexity index is 1040. The third kappa shape index (κ3) is 4.47. The van der Waals surface area contributed by atoms with Crippen molar-refractivity contribution in [2.45, 2.75) is 12.8 Å². The van der Waals surface area contributed by atoms with Crippen LogP contribution in [0.1, 0.15) is 11.1 Å². The molecular weight excluding hydrogens is 316 g/mol. The summed E-state index contributed by atoms with van der Waals surface area (Å²) in [4.78, 5) is 0. The normalized spacial score (nSPS) is 10.2. The monoisotopic (exact) mass is 338 g/mol. The fourth-order valence-electron chi connectivity index (χ4n) is 3.00. The molecule has 128 valence electrons. The van der Waals surface area contributed by atoms with Gasteiger partial charge in [0, 0.05) is 0 Å². The summed E-state index contributed by atoms with van der Waals surface area (Å²) < 4.78 is 0. The molecule has 0 heterocycles. The molecule has 0 bridgehead atoms. The van der Waals surface area contributed by atoms with Crippen LogP contribution in [-0.2, 0) is 12.8 Å². The van der Waals surface area contributed by atoms with Gasteiger partial charge < -0.3 is 5.73 Å². The van der Waals surface area contributed by atoms with Gasteiger partial charge in [-0.25, -0.2) is 0 Å². The molecule has 2 nitrogen and oxygen atoms in total. The second-order valence-corrected chi connectivity index (χ2v) is 6.24. The number of rotatable bonds is 3. The van der Waals surface area contributed by atoms with E-state index < -0.39 is 0 Å². The molecule has 4 aromatic rings. The molecule has 0 spiro atoms. The van der Waals surface area contributed by atoms with Crippen molar-refractivity contribution in [2.75, 3.05) is 6.54 Å². The molecule has 0 fully saturated rings. The molecule has 4 aromatic carbocycles. The van der Waals surface area contributed by atoms with Gasteiger partial charge in [0.2, 0.25) is 0 Å². The van der Waals surface area contributed by atoms with Crippen molar-refractivity contribution in [1.82, 2.24) is 0 Å². The van der Waals surface area contributed by atoms with Gasteiger partial charge in [0.25, 0.3) is 0 Å². The average molecular weight is 338 g/mol. The zero-order chi connectivity index (χ0) is 18.2. The second-order valence-electron chi connectivity index (χ2n) is 6.24. The van der Waals surface area contributed by atoms with Crippen molar-refractivity contribution in [2.24, 2.45) is 5.73 Å². The van der Waals surface area contributed by atoms with Gasteiger partial charge in [-0.2, -0.15) is 5.26 Å². The van der Waals surface area contributed by atoms with Crippen LogP contribution in [0, 0.1) is 11.3 Å². The highest BCUT2D eigenvalue weighted by Gasteiger charge is 1.95. The number of nitrogens with two attached hydrogens (primary N) is 1. The first-order chi connectivity index (χ1) is 12.8. The summed E-state index contributed by atoms with van der Waals surface area (Å²) in [5.41, 5.74) is 7.91. The highest BCUT2D eigenvalue weighted by atomic mass is 14.5. The van der Waals surface area contributed by atoms with Crippen LogP contribution in [-0.4, -0.2) is 6.54 Å². The van der Waals surface area contributed by atoms with E-state index in [9.17, 15) is 0 Å². The summed E-state index contributed by atoms with van der Waals surface area (Å²) >= 11 is 0. The molecule has 0 atom stereocenters. The summed E-state index contributed by atoms with van der Waals surface area (Å²) in [5.74, 6) is 0. The van der Waals surface area contributed by atoms with Crippen molar-refractivity contribution in [3.05, 3.63) is 96.1 Å². The molecule has 0 aliphatic heterocycles. The Kier molecular flexibility index (Phi) is 5.98. The van der Waals surface area contributed by atoms with Gasteiger partial charge in [-0.1, -0.05) is 84.9 Å². The number of benzene rings is 4. The first-order valence-corrected chi connectivity index (χ1v) is 8.82. The lowest BCUT2D eigenvalue weighted by Crippen LogP contribution is -2.02. The van der Waals surface area contributed by atoms with Gasteiger partial charge in [0.05, 0.1) is 12.5 Å². The molecule has 0 aliphatic carbocycles. The van der Waals surface area contributed by atoms with Crippen LogP contribution in [0.25, 0.3) is 21.5 Å². The van der Waals surface area contributed by atoms with E-state index >= 15 is 0 Å². The Hall–Kier alpha value is -3.15. The molecule has 0 aliphatic rings. The van der Waals surface area contributed by atoms with Gasteiger partial charge in [0.15, 0.2) is 0 Å². The standard InChI is InChI=1S/C12H13N.C12H9N/c2*13-8-7-10-5-6-11-3-1-2-4-12(11)9-10/h1-6,9H,7-8,13H2;1-6,9H,7H2. The van der Waals surface area contributed by atoms with Crippen LogP contribution in [0.15, 0.2) is 84.9 Å². The lowest BCUT2D eigenvalue weighted by molar-refractivity contribution is 0.971. The number of hydrogen-bond acceptors (Lipinski definition) is 2. The lowest BCUT2D eigenvalue weighted by Gasteiger charge is -2.01. The van der Waals surface area contributed by atoms with Crippen molar-refractivity contribution in [1.29, 1.82) is 5.26 Å². The maximum absolute atomic E-state index is 8.54. The molecule has 2 heteroatoms. The Morgan fingerprint density at radius 2 is 1.15 bits per heavy atom. The number of hydrogen-bond donors (Lipinski definition) is 1. The minimum atomic E-state index is 0.491. The average Bonchev–Trinajstić information content (AvgIpc) is 2.69. The largest absolute Gasteiger partial charge is 0.330 e. The van der Waals surface area contributed by atoms with E-state index in [1.165, 1.54) is 27.1 Å². The highest BCUT2D eigenvalue weighted by molar-refractivity contribution is 5.83. The zero-order valence-electron chi connectivity index (χ0n) is 14.7. The van der Waals surface area contributed by atoms with Crippen LogP contribution in [0.5, 0.6) is 0 Å². The predicted molar refractivity (Wildman–Crippen MR) is 110 cm³/mol. The molecule has 0 amide bonds. The highest BCUT2D eigenvalue weighted by Crippen LogP contribution is 2.16. The van der Waals surface area contributed by atoms with Crippen molar-refractivity contribution < 1.29 is 0 Å². The summed E-state index contributed by atoms with van der Waals surface area (Å²) in [6, 6.07) is 31.3. The number of nitriles is 1. The molecular formula is C24H22N2. The van der Waals surface area contributed by atoms with Crippen LogP contribution < -0.4 is 5.73 Å². The number of fused-ring (bicyclic) bond motifs is 2. The molecule has 0 radical (unpaired) electrons. The third-order valence-electron chi connectivity index (χ3n) is 4.34. The molecule has 0 saturated heterocycles. The Morgan fingerprint density at radius 3 is 1.69 bits per heavy atom. The molecule has 26 heavy (non-hydrogen) atoms. The second kappa shape index (κ2) is 8.80. The Balaban J connectivity index is 0.000000151. The topological polar surface area (TPSA) is 49.8 Å². The summed E-state index contributed by atoms with van der Waals surface area (Å²) in [6.07, 6.45) is 1.45. The summed E-state index contributed by atoms with van der Waals surface area (Å²) in [7, 11) is 0. The SMILES string of the molecule is N#CCc1ccc2ccccc2c1.NCCc1ccc2ccccc2c1. The molecule has 0 aromatic heterocycles. The van der Waals surface area contributed by atoms with Crippen molar-refractivity contribution >= 4 is 21.5 Å². The van der Waals surface area contributed by atoms with Gasteiger partial charge in [-0.3, -0.25) is 0 Å². The first-order valence-electron chi connectivity index (χ1n) is 8.82. The molecule has 0 unspecified atom stereocenters.